The molecule has 0 aliphatic carbocycles. The number of primary amides is 1. The molecule has 2 heterocycles. The van der Waals surface area contributed by atoms with Crippen LogP contribution >= 0.6 is 0 Å². The Morgan fingerprint density at radius 2 is 1.92 bits per heavy atom. The Kier molecular flexibility index (Phi) is 4.55. The summed E-state index contributed by atoms with van der Waals surface area (Å²) >= 11 is 0. The monoisotopic (exact) mass is 330 g/mol. The number of allylic oxidation sites excluding steroid dienone is 1. The number of nitrogens with two attached hydrogens (primary N) is 1. The van der Waals surface area contributed by atoms with E-state index in [4.69, 9.17) is 5.73 Å². The third-order valence-corrected chi connectivity index (χ3v) is 4.45. The van der Waals surface area contributed by atoms with Crippen molar-refractivity contribution in [3.8, 4) is 0 Å². The van der Waals surface area contributed by atoms with E-state index < -0.39 is 17.8 Å². The molecule has 1 aromatic rings. The molecule has 2 atom stereocenters. The van der Waals surface area contributed by atoms with Gasteiger partial charge in [0, 0.05) is 0 Å². The number of likely N-dealkylation sites (tertiary alicyclic amines) is 1. The summed E-state index contributed by atoms with van der Waals surface area (Å²) in [6, 6.07) is 9.01. The predicted octanol–water partition coefficient (Wildman–Crippen LogP) is 0.789. The van der Waals surface area contributed by atoms with Gasteiger partial charge < -0.3 is 21.3 Å². The van der Waals surface area contributed by atoms with Crippen LogP contribution in [0.3, 0.4) is 0 Å². The van der Waals surface area contributed by atoms with Gasteiger partial charge in [0.15, 0.2) is 5.76 Å². The molecule has 1 aromatic carbocycles. The third kappa shape index (κ3) is 3.13. The molecule has 24 heavy (non-hydrogen) atoms. The number of piperidine rings is 1. The van der Waals surface area contributed by atoms with Crippen molar-refractivity contribution >= 4 is 12.1 Å². The van der Waals surface area contributed by atoms with E-state index in [1.54, 1.807) is 0 Å². The number of aliphatic imine (C=N–C) groups is 1. The fourth-order valence-electron chi connectivity index (χ4n) is 3.34. The summed E-state index contributed by atoms with van der Waals surface area (Å²) in [5.41, 5.74) is 5.93. The molecular formula is C17H22N4O3. The van der Waals surface area contributed by atoms with Crippen molar-refractivity contribution in [3.05, 3.63) is 47.4 Å². The fourth-order valence-corrected chi connectivity index (χ4v) is 3.34. The van der Waals surface area contributed by atoms with Gasteiger partial charge in [0.2, 0.25) is 0 Å². The van der Waals surface area contributed by atoms with Gasteiger partial charge in [-0.25, -0.2) is 4.99 Å². The van der Waals surface area contributed by atoms with E-state index in [0.29, 0.717) is 0 Å². The van der Waals surface area contributed by atoms with Crippen LogP contribution in [0.25, 0.3) is 0 Å². The van der Waals surface area contributed by atoms with Gasteiger partial charge in [0.25, 0.3) is 11.8 Å². The molecule has 7 nitrogen and oxygen atoms in total. The molecule has 2 aliphatic rings. The number of carbonyl (C=O) groups excluding carboxylic acids is 1. The molecule has 0 radical (unpaired) electrons. The number of amides is 1. The molecule has 1 amide bonds. The Morgan fingerprint density at radius 1 is 1.25 bits per heavy atom. The molecule has 0 spiro atoms. The first-order chi connectivity index (χ1) is 11.5. The molecule has 2 aliphatic heterocycles. The Morgan fingerprint density at radius 3 is 2.54 bits per heavy atom. The van der Waals surface area contributed by atoms with E-state index >= 15 is 0 Å². The Bertz CT molecular complexity index is 668. The van der Waals surface area contributed by atoms with Gasteiger partial charge >= 0.3 is 0 Å². The first kappa shape index (κ1) is 16.5. The number of carbonyl (C=O) groups is 1. The van der Waals surface area contributed by atoms with Crippen molar-refractivity contribution in [1.29, 1.82) is 0 Å². The van der Waals surface area contributed by atoms with E-state index in [0.717, 1.165) is 44.1 Å². The zero-order valence-corrected chi connectivity index (χ0v) is 13.4. The standard InChI is InChI=1S/C17H22N4O3/c18-16(23)14-13(22)11-19-17(24,20-14)15(12-7-3-1-4-8-12)21-9-5-2-6-10-21/h1,3-4,7-8,11,15,20,22,24H,2,5-6,9-10H2,(H2,18,23). The van der Waals surface area contributed by atoms with Crippen LogP contribution in [0.15, 0.2) is 46.8 Å². The van der Waals surface area contributed by atoms with Crippen LogP contribution in [-0.2, 0) is 4.79 Å². The zero-order valence-electron chi connectivity index (χ0n) is 13.4. The highest BCUT2D eigenvalue weighted by Gasteiger charge is 2.44. The van der Waals surface area contributed by atoms with Gasteiger partial charge in [0.05, 0.1) is 6.21 Å². The van der Waals surface area contributed by atoms with E-state index in [1.165, 1.54) is 0 Å². The van der Waals surface area contributed by atoms with E-state index in [1.807, 2.05) is 30.3 Å². The maximum absolute atomic E-state index is 11.5. The lowest BCUT2D eigenvalue weighted by Crippen LogP contribution is -2.57. The molecule has 1 saturated heterocycles. The van der Waals surface area contributed by atoms with Crippen molar-refractivity contribution < 1.29 is 15.0 Å². The second-order valence-electron chi connectivity index (χ2n) is 6.14. The Balaban J connectivity index is 1.99. The molecule has 0 aromatic heterocycles. The predicted molar refractivity (Wildman–Crippen MR) is 90.0 cm³/mol. The molecule has 1 fully saturated rings. The summed E-state index contributed by atoms with van der Waals surface area (Å²) in [5.74, 6) is -3.00. The second-order valence-corrected chi connectivity index (χ2v) is 6.14. The van der Waals surface area contributed by atoms with Gasteiger partial charge in [-0.3, -0.25) is 9.69 Å². The van der Waals surface area contributed by atoms with Crippen LogP contribution in [0.5, 0.6) is 0 Å². The number of rotatable bonds is 4. The van der Waals surface area contributed by atoms with Crippen LogP contribution in [0.2, 0.25) is 0 Å². The molecule has 0 bridgehead atoms. The summed E-state index contributed by atoms with van der Waals surface area (Å²) in [4.78, 5) is 17.8. The zero-order chi connectivity index (χ0) is 17.2. The number of aliphatic hydroxyl groups is 2. The van der Waals surface area contributed by atoms with E-state index in [-0.39, 0.29) is 11.5 Å². The number of benzene rings is 1. The van der Waals surface area contributed by atoms with Crippen molar-refractivity contribution in [2.24, 2.45) is 10.7 Å². The Labute approximate surface area is 140 Å². The summed E-state index contributed by atoms with van der Waals surface area (Å²) < 4.78 is 0. The van der Waals surface area contributed by atoms with Crippen LogP contribution in [0.1, 0.15) is 30.9 Å². The molecule has 7 heteroatoms. The summed E-state index contributed by atoms with van der Waals surface area (Å²) in [6.45, 7) is 1.64. The van der Waals surface area contributed by atoms with Gasteiger partial charge in [-0.2, -0.15) is 0 Å². The minimum absolute atomic E-state index is 0.231. The normalized spacial score (nSPS) is 26.0. The number of aliphatic hydroxyl groups excluding tert-OH is 1. The average molecular weight is 330 g/mol. The minimum Gasteiger partial charge on any atom is -0.504 e. The lowest BCUT2D eigenvalue weighted by atomic mass is 9.96. The largest absolute Gasteiger partial charge is 0.504 e. The lowest BCUT2D eigenvalue weighted by molar-refractivity contribution is -0.118. The van der Waals surface area contributed by atoms with Gasteiger partial charge in [-0.15, -0.1) is 0 Å². The maximum Gasteiger partial charge on any atom is 0.268 e. The van der Waals surface area contributed by atoms with E-state index in [2.05, 4.69) is 15.2 Å². The highest BCUT2D eigenvalue weighted by Crippen LogP contribution is 2.35. The highest BCUT2D eigenvalue weighted by atomic mass is 16.3. The molecule has 3 rings (SSSR count). The van der Waals surface area contributed by atoms with Crippen molar-refractivity contribution in [2.75, 3.05) is 13.1 Å². The number of hydrogen-bond donors (Lipinski definition) is 4. The van der Waals surface area contributed by atoms with Crippen molar-refractivity contribution in [3.63, 3.8) is 0 Å². The van der Waals surface area contributed by atoms with Gasteiger partial charge in [-0.05, 0) is 31.5 Å². The first-order valence-electron chi connectivity index (χ1n) is 8.09. The van der Waals surface area contributed by atoms with Crippen molar-refractivity contribution in [2.45, 2.75) is 31.2 Å². The SMILES string of the molecule is NC(=O)C1=C(O)C=NC(O)(C(c2ccccc2)N2CCCCC2)N1. The van der Waals surface area contributed by atoms with Gasteiger partial charge in [0.1, 0.15) is 11.7 Å². The fraction of sp³-hybridized carbons (Fsp3) is 0.412. The van der Waals surface area contributed by atoms with E-state index in [9.17, 15) is 15.0 Å². The van der Waals surface area contributed by atoms with Crippen molar-refractivity contribution in [1.82, 2.24) is 10.2 Å². The maximum atomic E-state index is 11.5. The number of nitrogens with one attached hydrogen (secondary N) is 1. The van der Waals surface area contributed by atoms with Crippen LogP contribution in [-0.4, -0.2) is 46.2 Å². The smallest absolute Gasteiger partial charge is 0.268 e. The number of nitrogens with zero attached hydrogens (tertiary/aromatic N) is 2. The minimum atomic E-state index is -1.78. The quantitative estimate of drug-likeness (QED) is 0.652. The molecular weight excluding hydrogens is 308 g/mol. The molecule has 2 unspecified atom stereocenters. The molecule has 5 N–H and O–H groups in total. The van der Waals surface area contributed by atoms with Crippen LogP contribution < -0.4 is 11.1 Å². The average Bonchev–Trinajstić information content (AvgIpc) is 2.59. The topological polar surface area (TPSA) is 111 Å². The van der Waals surface area contributed by atoms with Gasteiger partial charge in [-0.1, -0.05) is 36.8 Å². The third-order valence-electron chi connectivity index (χ3n) is 4.45. The summed E-state index contributed by atoms with van der Waals surface area (Å²) in [5, 5.41) is 23.6. The first-order valence-corrected chi connectivity index (χ1v) is 8.09. The summed E-state index contributed by atoms with van der Waals surface area (Å²) in [7, 11) is 0. The lowest BCUT2D eigenvalue weighted by Gasteiger charge is -2.43. The second kappa shape index (κ2) is 6.62. The summed E-state index contributed by atoms with van der Waals surface area (Å²) in [6.07, 6.45) is 4.30. The van der Waals surface area contributed by atoms with Crippen LogP contribution in [0.4, 0.5) is 0 Å². The number of hydrogen-bond acceptors (Lipinski definition) is 6. The molecule has 0 saturated carbocycles. The van der Waals surface area contributed by atoms with Crippen LogP contribution in [0, 0.1) is 0 Å². The molecule has 128 valence electrons. The Hall–Kier alpha value is -2.38. The highest BCUT2D eigenvalue weighted by molar-refractivity contribution is 5.98.